The number of benzene rings is 3. The number of amides is 2. The molecule has 1 saturated heterocycles. The lowest BCUT2D eigenvalue weighted by atomic mass is 9.97. The van der Waals surface area contributed by atoms with E-state index in [9.17, 15) is 14.7 Å². The average Bonchev–Trinajstić information content (AvgIpc) is 3.50. The quantitative estimate of drug-likeness (QED) is 0.0899. The van der Waals surface area contributed by atoms with Crippen LogP contribution in [0.1, 0.15) is 60.3 Å². The third kappa shape index (κ3) is 8.80. The molecule has 3 atom stereocenters. The lowest BCUT2D eigenvalue weighted by Crippen LogP contribution is -2.31. The number of hydroxylamine groups is 1. The highest BCUT2D eigenvalue weighted by Gasteiger charge is 2.32. The number of carbonyl (C=O) groups is 2. The van der Waals surface area contributed by atoms with Crippen LogP contribution in [0.2, 0.25) is 0 Å². The Balaban J connectivity index is 1.28. The van der Waals surface area contributed by atoms with E-state index in [4.69, 9.17) is 14.7 Å². The molecule has 4 aromatic rings. The number of thioether (sulfide) groups is 1. The van der Waals surface area contributed by atoms with Crippen LogP contribution in [0.25, 0.3) is 11.1 Å². The van der Waals surface area contributed by atoms with Crippen molar-refractivity contribution in [3.63, 3.8) is 0 Å². The van der Waals surface area contributed by atoms with Crippen LogP contribution in [0.4, 0.5) is 0 Å². The van der Waals surface area contributed by atoms with E-state index in [1.807, 2.05) is 90.6 Å². The number of carbonyl (C=O) groups excluding carboxylic acids is 2. The smallest absolute Gasteiger partial charge is 0.243 e. The number of aromatic nitrogens is 2. The summed E-state index contributed by atoms with van der Waals surface area (Å²) >= 11 is 1.66. The number of aliphatic hydroxyl groups is 1. The van der Waals surface area contributed by atoms with Crippen LogP contribution in [0.5, 0.6) is 0 Å². The Kier molecular flexibility index (Phi) is 11.4. The lowest BCUT2D eigenvalue weighted by Gasteiger charge is -2.36. The number of aliphatic hydroxyl groups excluding tert-OH is 1. The van der Waals surface area contributed by atoms with E-state index in [0.29, 0.717) is 19.4 Å². The molecule has 3 aromatic carbocycles. The van der Waals surface area contributed by atoms with Crippen molar-refractivity contribution in [3.05, 3.63) is 107 Å². The number of rotatable bonds is 13. The minimum absolute atomic E-state index is 0.00613. The Morgan fingerprint density at radius 1 is 0.978 bits per heavy atom. The first-order valence-corrected chi connectivity index (χ1v) is 15.9. The first-order valence-electron chi connectivity index (χ1n) is 14.9. The SMILES string of the molecule is Cn1ccnc1SC[C@@H]1C[C@H](c2ccc(CO)cc2)O[C@H](c2ccc(-c3ccccc3CNC(=O)CCCC(=O)NO)cc2)O1. The van der Waals surface area contributed by atoms with Gasteiger partial charge in [-0.15, -0.1) is 0 Å². The van der Waals surface area contributed by atoms with Crippen LogP contribution < -0.4 is 10.8 Å². The fraction of sp³-hybridized carbons (Fsp3) is 0.324. The molecule has 1 fully saturated rings. The molecular formula is C34H38N4O6S. The summed E-state index contributed by atoms with van der Waals surface area (Å²) in [7, 11) is 1.98. The number of nitrogens with zero attached hydrogens (tertiary/aromatic N) is 2. The molecular weight excluding hydrogens is 592 g/mol. The molecule has 0 saturated carbocycles. The molecule has 1 aliphatic heterocycles. The van der Waals surface area contributed by atoms with Crippen LogP contribution in [0.15, 0.2) is 90.3 Å². The van der Waals surface area contributed by atoms with Crippen molar-refractivity contribution in [2.45, 2.75) is 62.5 Å². The zero-order chi connectivity index (χ0) is 31.6. The molecule has 0 radical (unpaired) electrons. The Morgan fingerprint density at radius 2 is 1.71 bits per heavy atom. The highest BCUT2D eigenvalue weighted by atomic mass is 32.2. The molecule has 10 nitrogen and oxygen atoms in total. The summed E-state index contributed by atoms with van der Waals surface area (Å²) in [5.41, 5.74) is 7.34. The van der Waals surface area contributed by atoms with Gasteiger partial charge in [0.1, 0.15) is 0 Å². The van der Waals surface area contributed by atoms with E-state index in [1.54, 1.807) is 23.4 Å². The topological polar surface area (TPSA) is 135 Å². The van der Waals surface area contributed by atoms with Gasteiger partial charge in [0, 0.05) is 56.6 Å². The van der Waals surface area contributed by atoms with Crippen LogP contribution in [-0.2, 0) is 39.3 Å². The third-order valence-electron chi connectivity index (χ3n) is 7.71. The molecule has 1 aromatic heterocycles. The molecule has 1 aliphatic rings. The van der Waals surface area contributed by atoms with E-state index in [2.05, 4.69) is 10.3 Å². The van der Waals surface area contributed by atoms with Crippen molar-refractivity contribution in [2.75, 3.05) is 5.75 Å². The summed E-state index contributed by atoms with van der Waals surface area (Å²) in [5, 5.41) is 21.9. The first-order chi connectivity index (χ1) is 21.9. The van der Waals surface area contributed by atoms with Crippen molar-refractivity contribution in [3.8, 4) is 11.1 Å². The van der Waals surface area contributed by atoms with Gasteiger partial charge < -0.3 is 24.5 Å². The molecule has 0 aliphatic carbocycles. The number of nitrogens with one attached hydrogen (secondary N) is 2. The summed E-state index contributed by atoms with van der Waals surface area (Å²) in [5.74, 6) is 0.0576. The average molecular weight is 631 g/mol. The van der Waals surface area contributed by atoms with Gasteiger partial charge in [0.2, 0.25) is 11.8 Å². The van der Waals surface area contributed by atoms with Gasteiger partial charge in [-0.3, -0.25) is 14.8 Å². The maximum absolute atomic E-state index is 12.3. The van der Waals surface area contributed by atoms with Crippen molar-refractivity contribution >= 4 is 23.6 Å². The van der Waals surface area contributed by atoms with Gasteiger partial charge >= 0.3 is 0 Å². The number of imidazole rings is 1. The molecule has 0 spiro atoms. The predicted molar refractivity (Wildman–Crippen MR) is 170 cm³/mol. The van der Waals surface area contributed by atoms with Crippen LogP contribution in [-0.4, -0.2) is 43.5 Å². The molecule has 2 amide bonds. The lowest BCUT2D eigenvalue weighted by molar-refractivity contribution is -0.245. The van der Waals surface area contributed by atoms with E-state index in [1.165, 1.54) is 0 Å². The normalized spacial score (nSPS) is 18.0. The van der Waals surface area contributed by atoms with Gasteiger partial charge in [-0.1, -0.05) is 84.6 Å². The highest BCUT2D eigenvalue weighted by molar-refractivity contribution is 7.99. The van der Waals surface area contributed by atoms with E-state index >= 15 is 0 Å². The van der Waals surface area contributed by atoms with Crippen LogP contribution >= 0.6 is 11.8 Å². The summed E-state index contributed by atoms with van der Waals surface area (Å²) < 4.78 is 15.0. The number of aryl methyl sites for hydroxylation is 1. The number of ether oxygens (including phenoxy) is 2. The van der Waals surface area contributed by atoms with Gasteiger partial charge in [0.05, 0.1) is 18.8 Å². The Morgan fingerprint density at radius 3 is 2.42 bits per heavy atom. The van der Waals surface area contributed by atoms with Crippen molar-refractivity contribution in [1.82, 2.24) is 20.3 Å². The predicted octanol–water partition coefficient (Wildman–Crippen LogP) is 5.21. The summed E-state index contributed by atoms with van der Waals surface area (Å²) in [6, 6.07) is 23.9. The van der Waals surface area contributed by atoms with Crippen molar-refractivity contribution < 1.29 is 29.4 Å². The third-order valence-corrected chi connectivity index (χ3v) is 8.90. The van der Waals surface area contributed by atoms with E-state index in [0.717, 1.165) is 44.3 Å². The molecule has 45 heavy (non-hydrogen) atoms. The van der Waals surface area contributed by atoms with Crippen molar-refractivity contribution in [2.24, 2.45) is 7.05 Å². The van der Waals surface area contributed by atoms with Gasteiger partial charge in [-0.05, 0) is 34.2 Å². The fourth-order valence-corrected chi connectivity index (χ4v) is 6.15. The Hall–Kier alpha value is -4.00. The summed E-state index contributed by atoms with van der Waals surface area (Å²) in [4.78, 5) is 27.9. The Bertz CT molecular complexity index is 1560. The molecule has 0 unspecified atom stereocenters. The number of hydrogen-bond acceptors (Lipinski definition) is 8. The minimum Gasteiger partial charge on any atom is -0.392 e. The van der Waals surface area contributed by atoms with Gasteiger partial charge in [-0.2, -0.15) is 0 Å². The largest absolute Gasteiger partial charge is 0.392 e. The zero-order valence-corrected chi connectivity index (χ0v) is 25.9. The Labute approximate surface area is 266 Å². The molecule has 4 N–H and O–H groups in total. The zero-order valence-electron chi connectivity index (χ0n) is 25.1. The van der Waals surface area contributed by atoms with Gasteiger partial charge in [0.15, 0.2) is 11.4 Å². The standard InChI is InChI=1S/C34H38N4O6S/c1-38-18-17-35-34(38)45-22-28-19-30(25-11-9-23(21-39)10-12-25)44-33(43-28)26-15-13-24(14-16-26)29-6-3-2-5-27(29)20-36-31(40)7-4-8-32(41)37-42/h2-3,5-6,9-18,28,30,33,39,42H,4,7-8,19-22H2,1H3,(H,36,40)(H,37,41)/t28-,30+,33+/m0/s1. The second kappa shape index (κ2) is 15.8. The molecule has 5 rings (SSSR count). The number of hydrogen-bond donors (Lipinski definition) is 4. The maximum atomic E-state index is 12.3. The summed E-state index contributed by atoms with van der Waals surface area (Å²) in [6.07, 6.45) is 4.23. The van der Waals surface area contributed by atoms with Crippen LogP contribution in [0, 0.1) is 0 Å². The first kappa shape index (κ1) is 32.4. The van der Waals surface area contributed by atoms with Crippen molar-refractivity contribution in [1.29, 1.82) is 0 Å². The maximum Gasteiger partial charge on any atom is 0.243 e. The van der Waals surface area contributed by atoms with Gasteiger partial charge in [0.25, 0.3) is 0 Å². The fourth-order valence-electron chi connectivity index (χ4n) is 5.20. The highest BCUT2D eigenvalue weighted by Crippen LogP contribution is 2.40. The molecule has 11 heteroatoms. The monoisotopic (exact) mass is 630 g/mol. The molecule has 2 heterocycles. The van der Waals surface area contributed by atoms with Crippen LogP contribution in [0.3, 0.4) is 0 Å². The second-order valence-corrected chi connectivity index (χ2v) is 11.9. The molecule has 0 bridgehead atoms. The molecule has 236 valence electrons. The van der Waals surface area contributed by atoms with E-state index < -0.39 is 12.2 Å². The summed E-state index contributed by atoms with van der Waals surface area (Å²) in [6.45, 7) is 0.345. The van der Waals surface area contributed by atoms with E-state index in [-0.39, 0.29) is 37.6 Å². The minimum atomic E-state index is -0.565. The second-order valence-electron chi connectivity index (χ2n) is 10.9. The van der Waals surface area contributed by atoms with Gasteiger partial charge in [-0.25, -0.2) is 10.5 Å².